The molecular weight excluding hydrogens is 246 g/mol. The largest absolute Gasteiger partial charge is 0.336 e. The number of hydrogen-bond donors (Lipinski definition) is 2. The average molecular weight is 260 g/mol. The topological polar surface area (TPSA) is 78.5 Å². The summed E-state index contributed by atoms with van der Waals surface area (Å²) in [6.07, 6.45) is 1.95. The molecule has 2 rings (SSSR count). The molecule has 1 radical (unpaired) electrons. The van der Waals surface area contributed by atoms with Crippen LogP contribution in [0.3, 0.4) is 0 Å². The van der Waals surface area contributed by atoms with E-state index in [1.807, 2.05) is 6.29 Å². The maximum absolute atomic E-state index is 11.7. The Morgan fingerprint density at radius 3 is 2.89 bits per heavy atom. The van der Waals surface area contributed by atoms with Crippen LogP contribution in [0.5, 0.6) is 0 Å². The summed E-state index contributed by atoms with van der Waals surface area (Å²) >= 11 is 0. The minimum Gasteiger partial charge on any atom is -0.336 e. The highest BCUT2D eigenvalue weighted by Gasteiger charge is 2.29. The van der Waals surface area contributed by atoms with Crippen LogP contribution in [0, 0.1) is 0 Å². The van der Waals surface area contributed by atoms with Gasteiger partial charge in [0.05, 0.1) is 0 Å². The zero-order chi connectivity index (χ0) is 13.7. The van der Waals surface area contributed by atoms with Gasteiger partial charge in [-0.2, -0.15) is 0 Å². The summed E-state index contributed by atoms with van der Waals surface area (Å²) in [5.41, 5.74) is 1.48. The number of rotatable bonds is 6. The van der Waals surface area contributed by atoms with E-state index in [0.717, 1.165) is 11.1 Å². The molecule has 1 fully saturated rings. The van der Waals surface area contributed by atoms with Gasteiger partial charge in [0.15, 0.2) is 0 Å². The minimum atomic E-state index is -0.565. The molecule has 1 heterocycles. The molecule has 1 aromatic rings. The zero-order valence-corrected chi connectivity index (χ0v) is 10.3. The fraction of sp³-hybridized carbons (Fsp3) is 0.308. The Bertz CT molecular complexity index is 490. The van der Waals surface area contributed by atoms with Gasteiger partial charge in [-0.3, -0.25) is 14.5 Å². The van der Waals surface area contributed by atoms with E-state index in [9.17, 15) is 14.4 Å². The standard InChI is InChI=1S/C13H14N3O3/c17-8-5-10-3-1-2-4-11(10)12(15-9-18)16-7-6-14-13(16)19/h1-4,9,12H,5-7H2,(H,14,19)(H,15,18). The van der Waals surface area contributed by atoms with Gasteiger partial charge in [-0.05, 0) is 11.1 Å². The third-order valence-electron chi connectivity index (χ3n) is 3.04. The predicted molar refractivity (Wildman–Crippen MR) is 67.9 cm³/mol. The molecule has 0 saturated carbocycles. The molecule has 1 unspecified atom stereocenters. The summed E-state index contributed by atoms with van der Waals surface area (Å²) in [7, 11) is 0. The van der Waals surface area contributed by atoms with Crippen molar-refractivity contribution in [1.82, 2.24) is 15.5 Å². The van der Waals surface area contributed by atoms with E-state index in [2.05, 4.69) is 10.6 Å². The van der Waals surface area contributed by atoms with Gasteiger partial charge in [0.1, 0.15) is 6.17 Å². The number of benzene rings is 1. The highest BCUT2D eigenvalue weighted by atomic mass is 16.2. The lowest BCUT2D eigenvalue weighted by Gasteiger charge is -2.27. The van der Waals surface area contributed by atoms with Gasteiger partial charge in [-0.25, -0.2) is 4.79 Å². The van der Waals surface area contributed by atoms with Gasteiger partial charge in [-0.15, -0.1) is 0 Å². The second-order valence-electron chi connectivity index (χ2n) is 4.13. The van der Waals surface area contributed by atoms with Crippen LogP contribution >= 0.6 is 0 Å². The first-order chi connectivity index (χ1) is 9.27. The number of amides is 3. The van der Waals surface area contributed by atoms with Crippen molar-refractivity contribution in [2.24, 2.45) is 0 Å². The van der Waals surface area contributed by atoms with Crippen LogP contribution in [0.4, 0.5) is 4.79 Å². The number of carbonyl (C=O) groups is 2. The second-order valence-corrected chi connectivity index (χ2v) is 4.13. The van der Waals surface area contributed by atoms with Gasteiger partial charge in [-0.1, -0.05) is 24.3 Å². The lowest BCUT2D eigenvalue weighted by molar-refractivity contribution is -0.111. The smallest absolute Gasteiger partial charge is 0.319 e. The van der Waals surface area contributed by atoms with E-state index in [0.29, 0.717) is 19.5 Å². The average Bonchev–Trinajstić information content (AvgIpc) is 2.84. The van der Waals surface area contributed by atoms with Crippen molar-refractivity contribution in [2.45, 2.75) is 12.6 Å². The minimum absolute atomic E-state index is 0.128. The van der Waals surface area contributed by atoms with E-state index < -0.39 is 6.17 Å². The number of nitrogens with zero attached hydrogens (tertiary/aromatic N) is 1. The maximum atomic E-state index is 11.7. The van der Waals surface area contributed by atoms with Gasteiger partial charge in [0.2, 0.25) is 12.7 Å². The van der Waals surface area contributed by atoms with Gasteiger partial charge in [0, 0.05) is 19.5 Å². The molecule has 19 heavy (non-hydrogen) atoms. The maximum Gasteiger partial charge on any atom is 0.319 e. The Morgan fingerprint density at radius 2 is 2.26 bits per heavy atom. The number of urea groups is 1. The Kier molecular flexibility index (Phi) is 4.12. The molecule has 1 saturated heterocycles. The number of carbonyl (C=O) groups excluding carboxylic acids is 3. The molecular formula is C13H14N3O3. The van der Waals surface area contributed by atoms with Crippen LogP contribution in [0.15, 0.2) is 24.3 Å². The summed E-state index contributed by atoms with van der Waals surface area (Å²) in [6, 6.07) is 6.95. The fourth-order valence-corrected chi connectivity index (χ4v) is 2.18. The van der Waals surface area contributed by atoms with Gasteiger partial charge in [0.25, 0.3) is 0 Å². The highest BCUT2D eigenvalue weighted by Crippen LogP contribution is 2.23. The molecule has 0 aromatic heterocycles. The van der Waals surface area contributed by atoms with Gasteiger partial charge >= 0.3 is 6.03 Å². The van der Waals surface area contributed by atoms with Crippen LogP contribution in [0.2, 0.25) is 0 Å². The number of nitrogens with one attached hydrogen (secondary N) is 2. The molecule has 3 amide bonds. The molecule has 6 nitrogen and oxygen atoms in total. The molecule has 1 aromatic carbocycles. The van der Waals surface area contributed by atoms with E-state index in [1.165, 1.54) is 4.90 Å². The molecule has 2 N–H and O–H groups in total. The first-order valence-corrected chi connectivity index (χ1v) is 5.95. The van der Waals surface area contributed by atoms with Crippen LogP contribution in [-0.4, -0.2) is 36.7 Å². The van der Waals surface area contributed by atoms with Crippen LogP contribution in [0.1, 0.15) is 17.3 Å². The molecule has 0 bridgehead atoms. The molecule has 6 heteroatoms. The van der Waals surface area contributed by atoms with E-state index in [-0.39, 0.29) is 12.5 Å². The van der Waals surface area contributed by atoms with Crippen molar-refractivity contribution < 1.29 is 14.4 Å². The monoisotopic (exact) mass is 260 g/mol. The summed E-state index contributed by atoms with van der Waals surface area (Å²) in [4.78, 5) is 34.6. The quantitative estimate of drug-likeness (QED) is 0.712. The molecule has 1 aliphatic heterocycles. The first kappa shape index (κ1) is 13.1. The second kappa shape index (κ2) is 5.99. The third-order valence-corrected chi connectivity index (χ3v) is 3.04. The van der Waals surface area contributed by atoms with Crippen molar-refractivity contribution in [3.05, 3.63) is 35.4 Å². The van der Waals surface area contributed by atoms with E-state index in [1.54, 1.807) is 24.3 Å². The Morgan fingerprint density at radius 1 is 1.47 bits per heavy atom. The fourth-order valence-electron chi connectivity index (χ4n) is 2.18. The Balaban J connectivity index is 2.35. The van der Waals surface area contributed by atoms with E-state index in [4.69, 9.17) is 0 Å². The van der Waals surface area contributed by atoms with Crippen molar-refractivity contribution in [3.8, 4) is 0 Å². The van der Waals surface area contributed by atoms with Crippen molar-refractivity contribution in [1.29, 1.82) is 0 Å². The van der Waals surface area contributed by atoms with Crippen molar-refractivity contribution in [2.75, 3.05) is 13.1 Å². The summed E-state index contributed by atoms with van der Waals surface area (Å²) in [5.74, 6) is 0. The SMILES string of the molecule is O=[C]Cc1ccccc1C(NC=O)N1CCNC1=O. The summed E-state index contributed by atoms with van der Waals surface area (Å²) in [6.45, 7) is 1.04. The predicted octanol–water partition coefficient (Wildman–Crippen LogP) is 0.109. The molecule has 99 valence electrons. The normalized spacial score (nSPS) is 15.8. The van der Waals surface area contributed by atoms with Crippen molar-refractivity contribution in [3.63, 3.8) is 0 Å². The lowest BCUT2D eigenvalue weighted by Crippen LogP contribution is -2.40. The van der Waals surface area contributed by atoms with Gasteiger partial charge < -0.3 is 10.6 Å². The summed E-state index contributed by atoms with van der Waals surface area (Å²) < 4.78 is 0. The molecule has 1 atom stereocenters. The molecule has 0 aliphatic carbocycles. The lowest BCUT2D eigenvalue weighted by atomic mass is 10.0. The molecule has 0 spiro atoms. The van der Waals surface area contributed by atoms with Crippen LogP contribution < -0.4 is 10.6 Å². The van der Waals surface area contributed by atoms with Crippen LogP contribution in [0.25, 0.3) is 0 Å². The Hall–Kier alpha value is -2.37. The highest BCUT2D eigenvalue weighted by molar-refractivity contribution is 5.77. The van der Waals surface area contributed by atoms with Crippen LogP contribution in [-0.2, 0) is 16.0 Å². The summed E-state index contributed by atoms with van der Waals surface area (Å²) in [5, 5.41) is 5.31. The van der Waals surface area contributed by atoms with E-state index >= 15 is 0 Å². The molecule has 1 aliphatic rings. The first-order valence-electron chi connectivity index (χ1n) is 5.95. The third kappa shape index (κ3) is 2.73. The number of hydrogen-bond acceptors (Lipinski definition) is 3. The zero-order valence-electron chi connectivity index (χ0n) is 10.3. The van der Waals surface area contributed by atoms with Crippen molar-refractivity contribution >= 4 is 18.7 Å². The Labute approximate surface area is 110 Å².